The van der Waals surface area contributed by atoms with E-state index in [9.17, 15) is 9.59 Å². The fraction of sp³-hybridized carbons (Fsp3) is 0.857. The van der Waals surface area contributed by atoms with Crippen molar-refractivity contribution in [3.05, 3.63) is 0 Å². The van der Waals surface area contributed by atoms with Crippen LogP contribution in [0.4, 0.5) is 0 Å². The predicted octanol–water partition coefficient (Wildman–Crippen LogP) is 2.45. The first-order valence-electron chi connectivity index (χ1n) is 6.97. The number of hydrogen-bond acceptors (Lipinski definition) is 4. The summed E-state index contributed by atoms with van der Waals surface area (Å²) in [7, 11) is 0. The van der Waals surface area contributed by atoms with Crippen LogP contribution in [0.5, 0.6) is 0 Å². The van der Waals surface area contributed by atoms with Gasteiger partial charge in [-0.25, -0.2) is 0 Å². The molecular weight excluding hydrogens is 232 g/mol. The van der Waals surface area contributed by atoms with Crippen molar-refractivity contribution in [2.45, 2.75) is 52.4 Å². The molecule has 2 rings (SSSR count). The van der Waals surface area contributed by atoms with E-state index in [-0.39, 0.29) is 17.4 Å². The van der Waals surface area contributed by atoms with E-state index in [0.717, 1.165) is 25.7 Å². The molecule has 2 aliphatic rings. The summed E-state index contributed by atoms with van der Waals surface area (Å²) in [5.74, 6) is -0.740. The molecule has 4 nitrogen and oxygen atoms in total. The minimum Gasteiger partial charge on any atom is -0.465 e. The zero-order chi connectivity index (χ0) is 13.2. The Labute approximate surface area is 108 Å². The maximum atomic E-state index is 12.2. The second-order valence-corrected chi connectivity index (χ2v) is 5.36. The molecule has 2 saturated carbocycles. The van der Waals surface area contributed by atoms with E-state index in [0.29, 0.717) is 19.6 Å². The van der Waals surface area contributed by atoms with Gasteiger partial charge in [0.2, 0.25) is 0 Å². The molecule has 18 heavy (non-hydrogen) atoms. The molecule has 0 unspecified atom stereocenters. The van der Waals surface area contributed by atoms with Gasteiger partial charge in [-0.05, 0) is 38.5 Å². The van der Waals surface area contributed by atoms with Crippen LogP contribution in [0.25, 0.3) is 0 Å². The Morgan fingerprint density at radius 2 is 1.44 bits per heavy atom. The van der Waals surface area contributed by atoms with E-state index in [4.69, 9.17) is 9.47 Å². The van der Waals surface area contributed by atoms with Crippen LogP contribution in [-0.2, 0) is 19.1 Å². The zero-order valence-electron chi connectivity index (χ0n) is 11.3. The van der Waals surface area contributed by atoms with E-state index < -0.39 is 5.41 Å². The number of rotatable bonds is 4. The largest absolute Gasteiger partial charge is 0.465 e. The predicted molar refractivity (Wildman–Crippen MR) is 65.8 cm³/mol. The van der Waals surface area contributed by atoms with Crippen molar-refractivity contribution in [1.82, 2.24) is 0 Å². The highest BCUT2D eigenvalue weighted by molar-refractivity contribution is 6.05. The van der Waals surface area contributed by atoms with Gasteiger partial charge >= 0.3 is 11.9 Å². The van der Waals surface area contributed by atoms with Gasteiger partial charge in [-0.1, -0.05) is 19.3 Å². The topological polar surface area (TPSA) is 52.6 Å². The minimum absolute atomic E-state index is 0.163. The number of ether oxygens (including phenoxy) is 2. The third kappa shape index (κ3) is 1.82. The van der Waals surface area contributed by atoms with E-state index >= 15 is 0 Å². The Bertz CT molecular complexity index is 324. The molecule has 102 valence electrons. The van der Waals surface area contributed by atoms with Gasteiger partial charge in [0.05, 0.1) is 13.2 Å². The molecule has 0 aromatic heterocycles. The second kappa shape index (κ2) is 4.90. The molecule has 0 saturated heterocycles. The molecule has 0 aliphatic heterocycles. The van der Waals surface area contributed by atoms with Gasteiger partial charge in [-0.15, -0.1) is 0 Å². The maximum Gasteiger partial charge on any atom is 0.324 e. The van der Waals surface area contributed by atoms with E-state index in [1.54, 1.807) is 13.8 Å². The lowest BCUT2D eigenvalue weighted by Crippen LogP contribution is -2.36. The van der Waals surface area contributed by atoms with Gasteiger partial charge in [0.1, 0.15) is 0 Å². The van der Waals surface area contributed by atoms with Crippen molar-refractivity contribution in [3.63, 3.8) is 0 Å². The van der Waals surface area contributed by atoms with Crippen molar-refractivity contribution in [2.24, 2.45) is 10.8 Å². The van der Waals surface area contributed by atoms with Gasteiger partial charge in [-0.2, -0.15) is 0 Å². The van der Waals surface area contributed by atoms with Gasteiger partial charge in [0.15, 0.2) is 5.41 Å². The summed E-state index contributed by atoms with van der Waals surface area (Å²) in [5, 5.41) is 0. The third-order valence-electron chi connectivity index (χ3n) is 4.44. The Morgan fingerprint density at radius 3 is 1.89 bits per heavy atom. The Hall–Kier alpha value is -1.06. The molecule has 4 heteroatoms. The van der Waals surface area contributed by atoms with Crippen molar-refractivity contribution in [3.8, 4) is 0 Å². The van der Waals surface area contributed by atoms with Crippen LogP contribution < -0.4 is 0 Å². The average Bonchev–Trinajstić information content (AvgIpc) is 3.00. The van der Waals surface area contributed by atoms with Crippen LogP contribution in [0, 0.1) is 10.8 Å². The molecule has 0 atom stereocenters. The zero-order valence-corrected chi connectivity index (χ0v) is 11.3. The number of hydrogen-bond donors (Lipinski definition) is 0. The van der Waals surface area contributed by atoms with Crippen LogP contribution in [0.3, 0.4) is 0 Å². The normalized spacial score (nSPS) is 23.4. The molecule has 0 N–H and O–H groups in total. The Balaban J connectivity index is 2.20. The molecule has 0 aromatic rings. The summed E-state index contributed by atoms with van der Waals surface area (Å²) < 4.78 is 10.2. The standard InChI is InChI=1S/C14H22O4/c1-3-17-11(15)14(12(16)18-4-2)10-13(14)8-6-5-7-9-13/h3-10H2,1-2H3. The molecular formula is C14H22O4. The van der Waals surface area contributed by atoms with E-state index in [1.807, 2.05) is 0 Å². The summed E-state index contributed by atoms with van der Waals surface area (Å²) in [4.78, 5) is 24.4. The summed E-state index contributed by atoms with van der Waals surface area (Å²) >= 11 is 0. The molecule has 0 radical (unpaired) electrons. The molecule has 1 spiro atoms. The highest BCUT2D eigenvalue weighted by Crippen LogP contribution is 2.71. The molecule has 0 bridgehead atoms. The van der Waals surface area contributed by atoms with Crippen LogP contribution in [0.2, 0.25) is 0 Å². The Kier molecular flexibility index (Phi) is 3.64. The van der Waals surface area contributed by atoms with Crippen molar-refractivity contribution in [1.29, 1.82) is 0 Å². The van der Waals surface area contributed by atoms with Crippen molar-refractivity contribution < 1.29 is 19.1 Å². The average molecular weight is 254 g/mol. The van der Waals surface area contributed by atoms with Crippen molar-refractivity contribution in [2.75, 3.05) is 13.2 Å². The van der Waals surface area contributed by atoms with Crippen molar-refractivity contribution >= 4 is 11.9 Å². The first-order valence-corrected chi connectivity index (χ1v) is 6.97. The number of carbonyl (C=O) groups excluding carboxylic acids is 2. The summed E-state index contributed by atoms with van der Waals surface area (Å²) in [6.07, 6.45) is 5.91. The first-order chi connectivity index (χ1) is 8.63. The van der Waals surface area contributed by atoms with Gasteiger partial charge in [0.25, 0.3) is 0 Å². The lowest BCUT2D eigenvalue weighted by Gasteiger charge is -2.26. The SMILES string of the molecule is CCOC(=O)C1(C(=O)OCC)CC12CCCCC2. The maximum absolute atomic E-state index is 12.2. The van der Waals surface area contributed by atoms with Gasteiger partial charge in [0, 0.05) is 0 Å². The van der Waals surface area contributed by atoms with Gasteiger partial charge < -0.3 is 9.47 Å². The van der Waals surface area contributed by atoms with Crippen LogP contribution in [-0.4, -0.2) is 25.2 Å². The van der Waals surface area contributed by atoms with E-state index in [1.165, 1.54) is 6.42 Å². The molecule has 0 amide bonds. The summed E-state index contributed by atoms with van der Waals surface area (Å²) in [5.41, 5.74) is -1.15. The lowest BCUT2D eigenvalue weighted by atomic mass is 9.79. The molecule has 0 heterocycles. The quantitative estimate of drug-likeness (QED) is 0.571. The molecule has 2 fully saturated rings. The Morgan fingerprint density at radius 1 is 0.944 bits per heavy atom. The van der Waals surface area contributed by atoms with E-state index in [2.05, 4.69) is 0 Å². The first kappa shape index (κ1) is 13.4. The van der Waals surface area contributed by atoms with Crippen LogP contribution in [0.1, 0.15) is 52.4 Å². The number of carbonyl (C=O) groups is 2. The van der Waals surface area contributed by atoms with Gasteiger partial charge in [-0.3, -0.25) is 9.59 Å². The highest BCUT2D eigenvalue weighted by atomic mass is 16.6. The number of esters is 2. The summed E-state index contributed by atoms with van der Waals surface area (Å²) in [6.45, 7) is 4.17. The highest BCUT2D eigenvalue weighted by Gasteiger charge is 2.77. The smallest absolute Gasteiger partial charge is 0.324 e. The fourth-order valence-corrected chi connectivity index (χ4v) is 3.46. The monoisotopic (exact) mass is 254 g/mol. The fourth-order valence-electron chi connectivity index (χ4n) is 3.46. The van der Waals surface area contributed by atoms with Crippen LogP contribution >= 0.6 is 0 Å². The second-order valence-electron chi connectivity index (χ2n) is 5.36. The summed E-state index contributed by atoms with van der Waals surface area (Å²) in [6, 6.07) is 0. The third-order valence-corrected chi connectivity index (χ3v) is 4.44. The molecule has 0 aromatic carbocycles. The van der Waals surface area contributed by atoms with Crippen LogP contribution in [0.15, 0.2) is 0 Å². The molecule has 2 aliphatic carbocycles. The lowest BCUT2D eigenvalue weighted by molar-refractivity contribution is -0.167. The minimum atomic E-state index is -0.987.